The summed E-state index contributed by atoms with van der Waals surface area (Å²) in [6.07, 6.45) is 2.21. The molecular formula is C15H17ClO4. The number of carbonyl (C=O) groups is 1. The molecule has 108 valence electrons. The van der Waals surface area contributed by atoms with Crippen LogP contribution in [0.4, 0.5) is 0 Å². The summed E-state index contributed by atoms with van der Waals surface area (Å²) in [5, 5.41) is 9.57. The molecule has 0 saturated carbocycles. The monoisotopic (exact) mass is 296 g/mol. The van der Waals surface area contributed by atoms with Gasteiger partial charge in [0.25, 0.3) is 0 Å². The molecule has 0 amide bonds. The number of hydrogen-bond acceptors (Lipinski definition) is 3. The first kappa shape index (κ1) is 13.6. The number of rotatable bonds is 3. The first-order valence-electron chi connectivity index (χ1n) is 6.88. The van der Waals surface area contributed by atoms with Crippen molar-refractivity contribution in [2.45, 2.75) is 51.7 Å². The molecular weight excluding hydrogens is 280 g/mol. The molecule has 0 bridgehead atoms. The third kappa shape index (κ3) is 2.12. The highest BCUT2D eigenvalue weighted by Crippen LogP contribution is 2.49. The minimum absolute atomic E-state index is 0.0750. The molecule has 2 heterocycles. The normalized spacial score (nSPS) is 22.9. The number of ether oxygens (including phenoxy) is 2. The predicted molar refractivity (Wildman–Crippen MR) is 75.0 cm³/mol. The van der Waals surface area contributed by atoms with E-state index in [1.807, 2.05) is 13.8 Å². The zero-order chi connectivity index (χ0) is 14.4. The van der Waals surface area contributed by atoms with Crippen LogP contribution in [-0.2, 0) is 24.1 Å². The molecule has 0 aromatic heterocycles. The summed E-state index contributed by atoms with van der Waals surface area (Å²) in [7, 11) is 0. The lowest BCUT2D eigenvalue weighted by molar-refractivity contribution is -0.136. The molecule has 2 aliphatic rings. The fourth-order valence-electron chi connectivity index (χ4n) is 3.05. The van der Waals surface area contributed by atoms with Gasteiger partial charge >= 0.3 is 5.97 Å². The van der Waals surface area contributed by atoms with Crippen LogP contribution in [0.5, 0.6) is 11.5 Å². The van der Waals surface area contributed by atoms with Crippen LogP contribution < -0.4 is 9.47 Å². The molecule has 1 aromatic carbocycles. The van der Waals surface area contributed by atoms with E-state index in [0.29, 0.717) is 11.4 Å². The van der Waals surface area contributed by atoms with Crippen molar-refractivity contribution in [2.24, 2.45) is 0 Å². The van der Waals surface area contributed by atoms with Gasteiger partial charge in [-0.05, 0) is 20.3 Å². The van der Waals surface area contributed by atoms with Gasteiger partial charge in [0.15, 0.2) is 0 Å². The Bertz CT molecular complexity index is 543. The van der Waals surface area contributed by atoms with Crippen LogP contribution in [0.15, 0.2) is 0 Å². The Morgan fingerprint density at radius 1 is 1.20 bits per heavy atom. The zero-order valence-corrected chi connectivity index (χ0v) is 12.3. The van der Waals surface area contributed by atoms with E-state index in [9.17, 15) is 4.79 Å². The minimum atomic E-state index is -0.805. The summed E-state index contributed by atoms with van der Waals surface area (Å²) < 4.78 is 11.7. The van der Waals surface area contributed by atoms with Crippen molar-refractivity contribution >= 4 is 17.6 Å². The van der Waals surface area contributed by atoms with Crippen molar-refractivity contribution in [1.29, 1.82) is 0 Å². The molecule has 0 aliphatic carbocycles. The van der Waals surface area contributed by atoms with Crippen LogP contribution >= 0.6 is 11.6 Å². The molecule has 0 fully saturated rings. The Kier molecular flexibility index (Phi) is 3.28. The van der Waals surface area contributed by atoms with E-state index in [2.05, 4.69) is 0 Å². The Balaban J connectivity index is 2.10. The first-order valence-corrected chi connectivity index (χ1v) is 7.26. The predicted octanol–water partition coefficient (Wildman–Crippen LogP) is 3.00. The molecule has 0 radical (unpaired) electrons. The highest BCUT2D eigenvalue weighted by Gasteiger charge is 2.34. The van der Waals surface area contributed by atoms with Gasteiger partial charge in [0.05, 0.1) is 5.02 Å². The number of hydrogen-bond donors (Lipinski definition) is 1. The lowest BCUT2D eigenvalue weighted by Gasteiger charge is -2.14. The number of carboxylic acid groups (broad SMARTS) is 1. The minimum Gasteiger partial charge on any atom is -0.490 e. The second kappa shape index (κ2) is 4.85. The third-order valence-electron chi connectivity index (χ3n) is 3.86. The Hall–Kier alpha value is -1.42. The zero-order valence-electron chi connectivity index (χ0n) is 11.5. The van der Waals surface area contributed by atoms with E-state index in [0.717, 1.165) is 41.0 Å². The van der Waals surface area contributed by atoms with Gasteiger partial charge in [0.1, 0.15) is 23.7 Å². The fraction of sp³-hybridized carbons (Fsp3) is 0.533. The fourth-order valence-corrected chi connectivity index (χ4v) is 3.37. The third-order valence-corrected chi connectivity index (χ3v) is 4.26. The molecule has 1 N–H and O–H groups in total. The van der Waals surface area contributed by atoms with Crippen LogP contribution in [-0.4, -0.2) is 23.3 Å². The molecule has 3 rings (SSSR count). The molecule has 4 nitrogen and oxygen atoms in total. The SMILES string of the molecule is CC1Cc2c(CCC(=O)O)c3c(c(Cl)c2O1)CC(C)O3. The molecule has 0 spiro atoms. The van der Waals surface area contributed by atoms with E-state index >= 15 is 0 Å². The van der Waals surface area contributed by atoms with Gasteiger partial charge < -0.3 is 14.6 Å². The molecule has 1 aromatic rings. The first-order chi connectivity index (χ1) is 9.47. The summed E-state index contributed by atoms with van der Waals surface area (Å²) in [5.41, 5.74) is 2.96. The maximum Gasteiger partial charge on any atom is 0.303 e. The second-order valence-corrected chi connectivity index (χ2v) is 5.94. The largest absolute Gasteiger partial charge is 0.490 e. The van der Waals surface area contributed by atoms with E-state index in [1.54, 1.807) is 0 Å². The van der Waals surface area contributed by atoms with E-state index < -0.39 is 5.97 Å². The van der Waals surface area contributed by atoms with Crippen molar-refractivity contribution < 1.29 is 19.4 Å². The van der Waals surface area contributed by atoms with Gasteiger partial charge in [-0.3, -0.25) is 4.79 Å². The van der Waals surface area contributed by atoms with Crippen molar-refractivity contribution in [1.82, 2.24) is 0 Å². The van der Waals surface area contributed by atoms with Gasteiger partial charge in [0.2, 0.25) is 0 Å². The number of fused-ring (bicyclic) bond motifs is 2. The Morgan fingerprint density at radius 3 is 2.45 bits per heavy atom. The number of halogens is 1. The van der Waals surface area contributed by atoms with Gasteiger partial charge in [-0.2, -0.15) is 0 Å². The second-order valence-electron chi connectivity index (χ2n) is 5.57. The van der Waals surface area contributed by atoms with E-state index in [-0.39, 0.29) is 18.6 Å². The van der Waals surface area contributed by atoms with Crippen molar-refractivity contribution in [3.8, 4) is 11.5 Å². The van der Waals surface area contributed by atoms with Gasteiger partial charge in [-0.1, -0.05) is 11.6 Å². The number of carboxylic acids is 1. The summed E-state index contributed by atoms with van der Waals surface area (Å²) in [5.74, 6) is 0.719. The lowest BCUT2D eigenvalue weighted by Crippen LogP contribution is -2.08. The highest BCUT2D eigenvalue weighted by atomic mass is 35.5. The molecule has 0 saturated heterocycles. The Morgan fingerprint density at radius 2 is 1.80 bits per heavy atom. The van der Waals surface area contributed by atoms with Gasteiger partial charge in [-0.25, -0.2) is 0 Å². The van der Waals surface area contributed by atoms with Gasteiger partial charge in [-0.15, -0.1) is 0 Å². The van der Waals surface area contributed by atoms with Crippen molar-refractivity contribution in [3.63, 3.8) is 0 Å². The number of benzene rings is 1. The lowest BCUT2D eigenvalue weighted by atomic mass is 9.95. The van der Waals surface area contributed by atoms with E-state index in [1.165, 1.54) is 0 Å². The Labute approximate surface area is 122 Å². The average Bonchev–Trinajstić information content (AvgIpc) is 2.92. The maximum absolute atomic E-state index is 10.9. The summed E-state index contributed by atoms with van der Waals surface area (Å²) >= 11 is 6.44. The average molecular weight is 297 g/mol. The van der Waals surface area contributed by atoms with E-state index in [4.69, 9.17) is 26.2 Å². The van der Waals surface area contributed by atoms with Crippen LogP contribution in [0.2, 0.25) is 5.02 Å². The summed E-state index contributed by atoms with van der Waals surface area (Å²) in [6, 6.07) is 0. The van der Waals surface area contributed by atoms with Crippen molar-refractivity contribution in [2.75, 3.05) is 0 Å². The number of aliphatic carboxylic acids is 1. The standard InChI is InChI=1S/C15H17ClO4/c1-7-5-10-9(3-4-12(17)18)14-11(6-8(2)19-14)13(16)15(10)20-7/h7-8H,3-6H2,1-2H3,(H,17,18). The molecule has 2 atom stereocenters. The molecule has 20 heavy (non-hydrogen) atoms. The van der Waals surface area contributed by atoms with Crippen molar-refractivity contribution in [3.05, 3.63) is 21.7 Å². The topological polar surface area (TPSA) is 55.8 Å². The highest BCUT2D eigenvalue weighted by molar-refractivity contribution is 6.33. The molecule has 5 heteroatoms. The van der Waals surface area contributed by atoms with Gasteiger partial charge in [0, 0.05) is 36.0 Å². The smallest absolute Gasteiger partial charge is 0.303 e. The quantitative estimate of drug-likeness (QED) is 0.931. The van der Waals surface area contributed by atoms with Crippen LogP contribution in [0.3, 0.4) is 0 Å². The van der Waals surface area contributed by atoms with Crippen LogP contribution in [0, 0.1) is 0 Å². The maximum atomic E-state index is 10.9. The van der Waals surface area contributed by atoms with Crippen LogP contribution in [0.1, 0.15) is 37.0 Å². The summed E-state index contributed by atoms with van der Waals surface area (Å²) in [6.45, 7) is 3.98. The molecule has 2 unspecified atom stereocenters. The summed E-state index contributed by atoms with van der Waals surface area (Å²) in [4.78, 5) is 10.9. The van der Waals surface area contributed by atoms with Crippen LogP contribution in [0.25, 0.3) is 0 Å². The molecule has 2 aliphatic heterocycles.